The Morgan fingerprint density at radius 3 is 2.40 bits per heavy atom. The molecule has 0 saturated carbocycles. The average molecular weight is 265 g/mol. The van der Waals surface area contributed by atoms with Gasteiger partial charge in [0.15, 0.2) is 0 Å². The van der Waals surface area contributed by atoms with Crippen molar-refractivity contribution in [1.29, 1.82) is 0 Å². The van der Waals surface area contributed by atoms with Gasteiger partial charge in [0.25, 0.3) is 11.8 Å². The Labute approximate surface area is 115 Å². The summed E-state index contributed by atoms with van der Waals surface area (Å²) in [5, 5.41) is 11.8. The molecule has 0 aliphatic carbocycles. The number of aromatic hydroxyl groups is 1. The van der Waals surface area contributed by atoms with Crippen molar-refractivity contribution < 1.29 is 14.7 Å². The van der Waals surface area contributed by atoms with Crippen molar-refractivity contribution in [3.63, 3.8) is 0 Å². The zero-order valence-electron chi connectivity index (χ0n) is 10.5. The molecular weight excluding hydrogens is 254 g/mol. The van der Waals surface area contributed by atoms with Crippen LogP contribution in [0.1, 0.15) is 21.5 Å². The summed E-state index contributed by atoms with van der Waals surface area (Å²) < 4.78 is 0. The van der Waals surface area contributed by atoms with E-state index in [-0.39, 0.29) is 5.75 Å². The van der Waals surface area contributed by atoms with E-state index in [1.807, 2.05) is 0 Å². The number of carbonyl (C=O) groups excluding carboxylic acids is 2. The van der Waals surface area contributed by atoms with Gasteiger partial charge in [-0.2, -0.15) is 0 Å². The molecular formula is C16H11NO3. The fourth-order valence-electron chi connectivity index (χ4n) is 2.20. The third-order valence-electron chi connectivity index (χ3n) is 3.11. The molecule has 1 aliphatic rings. The minimum absolute atomic E-state index is 0.125. The molecule has 4 heteroatoms. The van der Waals surface area contributed by atoms with Crippen molar-refractivity contribution in [3.8, 4) is 5.75 Å². The van der Waals surface area contributed by atoms with Gasteiger partial charge in [0.2, 0.25) is 0 Å². The highest BCUT2D eigenvalue weighted by molar-refractivity contribution is 6.33. The van der Waals surface area contributed by atoms with E-state index in [1.165, 1.54) is 0 Å². The average Bonchev–Trinajstić information content (AvgIpc) is 2.43. The van der Waals surface area contributed by atoms with Crippen molar-refractivity contribution in [2.24, 2.45) is 0 Å². The summed E-state index contributed by atoms with van der Waals surface area (Å²) in [5.74, 6) is -0.698. The maximum Gasteiger partial charge on any atom is 0.258 e. The summed E-state index contributed by atoms with van der Waals surface area (Å²) in [4.78, 5) is 23.7. The van der Waals surface area contributed by atoms with E-state index in [0.29, 0.717) is 22.3 Å². The standard InChI is InChI=1S/C16H11NO3/c18-11-5-3-4-10(8-11)9-14-12-6-1-2-7-13(12)15(19)17-16(14)20/h1-9,18H,(H,17,19,20). The summed E-state index contributed by atoms with van der Waals surface area (Å²) in [6.07, 6.45) is 1.65. The Balaban J connectivity index is 2.16. The van der Waals surface area contributed by atoms with E-state index in [2.05, 4.69) is 5.32 Å². The lowest BCUT2D eigenvalue weighted by molar-refractivity contribution is -0.114. The van der Waals surface area contributed by atoms with Crippen LogP contribution in [0.4, 0.5) is 0 Å². The van der Waals surface area contributed by atoms with Gasteiger partial charge < -0.3 is 5.11 Å². The van der Waals surface area contributed by atoms with Crippen molar-refractivity contribution in [1.82, 2.24) is 5.32 Å². The fourth-order valence-corrected chi connectivity index (χ4v) is 2.20. The van der Waals surface area contributed by atoms with Crippen molar-refractivity contribution >= 4 is 23.5 Å². The van der Waals surface area contributed by atoms with Gasteiger partial charge in [-0.05, 0) is 35.4 Å². The molecule has 0 atom stereocenters. The van der Waals surface area contributed by atoms with Gasteiger partial charge in [-0.1, -0.05) is 30.3 Å². The first-order chi connectivity index (χ1) is 9.65. The molecule has 0 fully saturated rings. The molecule has 0 bridgehead atoms. The van der Waals surface area contributed by atoms with E-state index in [0.717, 1.165) is 0 Å². The van der Waals surface area contributed by atoms with Crippen molar-refractivity contribution in [2.45, 2.75) is 0 Å². The van der Waals surface area contributed by atoms with Gasteiger partial charge in [-0.3, -0.25) is 14.9 Å². The maximum atomic E-state index is 12.0. The first-order valence-corrected chi connectivity index (χ1v) is 6.11. The molecule has 0 unspecified atom stereocenters. The summed E-state index contributed by atoms with van der Waals surface area (Å²) >= 11 is 0. The number of hydrogen-bond acceptors (Lipinski definition) is 3. The van der Waals surface area contributed by atoms with E-state index >= 15 is 0 Å². The molecule has 0 saturated heterocycles. The maximum absolute atomic E-state index is 12.0. The lowest BCUT2D eigenvalue weighted by atomic mass is 9.93. The minimum Gasteiger partial charge on any atom is -0.508 e. The van der Waals surface area contributed by atoms with E-state index in [4.69, 9.17) is 0 Å². The largest absolute Gasteiger partial charge is 0.508 e. The molecule has 2 amide bonds. The van der Waals surface area contributed by atoms with Crippen LogP contribution < -0.4 is 5.32 Å². The van der Waals surface area contributed by atoms with Crippen LogP contribution in [0.2, 0.25) is 0 Å². The molecule has 3 rings (SSSR count). The topological polar surface area (TPSA) is 66.4 Å². The molecule has 20 heavy (non-hydrogen) atoms. The lowest BCUT2D eigenvalue weighted by Crippen LogP contribution is -2.36. The predicted octanol–water partition coefficient (Wildman–Crippen LogP) is 2.20. The Kier molecular flexibility index (Phi) is 2.84. The van der Waals surface area contributed by atoms with Gasteiger partial charge in [-0.25, -0.2) is 0 Å². The van der Waals surface area contributed by atoms with E-state index in [1.54, 1.807) is 54.6 Å². The zero-order valence-corrected chi connectivity index (χ0v) is 10.5. The second-order valence-electron chi connectivity index (χ2n) is 4.48. The quantitative estimate of drug-likeness (QED) is 0.613. The molecule has 0 radical (unpaired) electrons. The van der Waals surface area contributed by atoms with Gasteiger partial charge in [0.05, 0.1) is 0 Å². The van der Waals surface area contributed by atoms with Crippen LogP contribution in [-0.2, 0) is 4.79 Å². The van der Waals surface area contributed by atoms with Gasteiger partial charge in [0.1, 0.15) is 5.75 Å². The summed E-state index contributed by atoms with van der Waals surface area (Å²) in [6, 6.07) is 13.5. The number of carbonyl (C=O) groups is 2. The van der Waals surface area contributed by atoms with E-state index in [9.17, 15) is 14.7 Å². The molecule has 2 aromatic rings. The summed E-state index contributed by atoms with van der Waals surface area (Å²) in [6.45, 7) is 0. The molecule has 0 spiro atoms. The fraction of sp³-hybridized carbons (Fsp3) is 0. The second-order valence-corrected chi connectivity index (χ2v) is 4.48. The molecule has 2 aromatic carbocycles. The number of hydrogen-bond donors (Lipinski definition) is 2. The third-order valence-corrected chi connectivity index (χ3v) is 3.11. The third kappa shape index (κ3) is 2.07. The van der Waals surface area contributed by atoms with Crippen molar-refractivity contribution in [2.75, 3.05) is 0 Å². The SMILES string of the molecule is O=C1NC(=O)c2ccccc2C1=Cc1cccc(O)c1. The highest BCUT2D eigenvalue weighted by Crippen LogP contribution is 2.26. The highest BCUT2D eigenvalue weighted by atomic mass is 16.3. The number of nitrogens with one attached hydrogen (secondary N) is 1. The smallest absolute Gasteiger partial charge is 0.258 e. The molecule has 2 N–H and O–H groups in total. The predicted molar refractivity (Wildman–Crippen MR) is 74.9 cm³/mol. The first-order valence-electron chi connectivity index (χ1n) is 6.11. The normalized spacial score (nSPS) is 15.9. The van der Waals surface area contributed by atoms with Crippen molar-refractivity contribution in [3.05, 3.63) is 65.2 Å². The minimum atomic E-state index is -0.433. The van der Waals surface area contributed by atoms with E-state index < -0.39 is 11.8 Å². The number of rotatable bonds is 1. The Morgan fingerprint density at radius 2 is 1.65 bits per heavy atom. The van der Waals surface area contributed by atoms with Crippen LogP contribution in [0.25, 0.3) is 11.6 Å². The highest BCUT2D eigenvalue weighted by Gasteiger charge is 2.26. The van der Waals surface area contributed by atoms with Crippen LogP contribution in [-0.4, -0.2) is 16.9 Å². The number of fused-ring (bicyclic) bond motifs is 1. The molecule has 98 valence electrons. The number of phenols is 1. The molecule has 0 aromatic heterocycles. The molecule has 4 nitrogen and oxygen atoms in total. The van der Waals surface area contributed by atoms with Crippen LogP contribution in [0, 0.1) is 0 Å². The van der Waals surface area contributed by atoms with Crippen LogP contribution in [0.5, 0.6) is 5.75 Å². The number of phenolic OH excluding ortho intramolecular Hbond substituents is 1. The Bertz CT molecular complexity index is 747. The lowest BCUT2D eigenvalue weighted by Gasteiger charge is -2.18. The van der Waals surface area contributed by atoms with Gasteiger partial charge in [0, 0.05) is 11.1 Å². The van der Waals surface area contributed by atoms with Gasteiger partial charge >= 0.3 is 0 Å². The van der Waals surface area contributed by atoms with Crippen LogP contribution in [0.15, 0.2) is 48.5 Å². The summed E-state index contributed by atoms with van der Waals surface area (Å²) in [5.41, 5.74) is 2.17. The number of amides is 2. The van der Waals surface area contributed by atoms with Crippen LogP contribution in [0.3, 0.4) is 0 Å². The van der Waals surface area contributed by atoms with Gasteiger partial charge in [-0.15, -0.1) is 0 Å². The Morgan fingerprint density at radius 1 is 0.900 bits per heavy atom. The first kappa shape index (κ1) is 12.2. The second kappa shape index (κ2) is 4.66. The molecule has 1 aliphatic heterocycles. The number of imide groups is 1. The number of benzene rings is 2. The zero-order chi connectivity index (χ0) is 14.1. The Hall–Kier alpha value is -2.88. The monoisotopic (exact) mass is 265 g/mol. The van der Waals surface area contributed by atoms with Crippen LogP contribution >= 0.6 is 0 Å². The summed E-state index contributed by atoms with van der Waals surface area (Å²) in [7, 11) is 0. The molecule has 1 heterocycles.